The van der Waals surface area contributed by atoms with Crippen LogP contribution in [0.4, 0.5) is 0 Å². The Morgan fingerprint density at radius 3 is 1.67 bits per heavy atom. The molecule has 0 radical (unpaired) electrons. The Morgan fingerprint density at radius 2 is 1.33 bits per heavy atom. The van der Waals surface area contributed by atoms with E-state index in [0.717, 1.165) is 13.2 Å². The van der Waals surface area contributed by atoms with E-state index in [9.17, 15) is 0 Å². The summed E-state index contributed by atoms with van der Waals surface area (Å²) in [5, 5.41) is 0. The molecule has 0 saturated carbocycles. The van der Waals surface area contributed by atoms with E-state index < -0.39 is 15.9 Å². The maximum atomic E-state index is 5.34. The molecule has 0 saturated heterocycles. The second kappa shape index (κ2) is 14.6. The van der Waals surface area contributed by atoms with Gasteiger partial charge in [-0.2, -0.15) is 0 Å². The standard InChI is InChI=1S/2C4H9O.Al.Li.2H/c2*1-2-3-4-5;;;;/h2*2-4H2,1H3;;;;/q2*-1;+2;;;. The van der Waals surface area contributed by atoms with Gasteiger partial charge in [-0.15, -0.1) is 0 Å². The number of unbranched alkanes of at least 4 members (excludes halogenated alkanes) is 2. The zero-order chi connectivity index (χ0) is 8.36. The van der Waals surface area contributed by atoms with Gasteiger partial charge in [0.25, 0.3) is 0 Å². The van der Waals surface area contributed by atoms with Crippen molar-refractivity contribution in [3.05, 3.63) is 0 Å². The van der Waals surface area contributed by atoms with Crippen molar-refractivity contribution in [3.8, 4) is 0 Å². The van der Waals surface area contributed by atoms with Crippen LogP contribution in [-0.2, 0) is 7.58 Å². The third-order valence-corrected chi connectivity index (χ3v) is 2.36. The Morgan fingerprint density at radius 1 is 0.917 bits per heavy atom. The van der Waals surface area contributed by atoms with Crippen LogP contribution in [0.2, 0.25) is 0 Å². The van der Waals surface area contributed by atoms with Gasteiger partial charge in [0.1, 0.15) is 0 Å². The first-order chi connectivity index (χ1) is 5.41. The summed E-state index contributed by atoms with van der Waals surface area (Å²) in [6.45, 7) is 6.13. The molecule has 68 valence electrons. The maximum absolute atomic E-state index is 5.34. The fourth-order valence-corrected chi connectivity index (χ4v) is 1.43. The number of hydrogen-bond acceptors (Lipinski definition) is 2. The fourth-order valence-electron chi connectivity index (χ4n) is 0.670. The van der Waals surface area contributed by atoms with Crippen LogP contribution in [0.1, 0.15) is 39.5 Å². The first-order valence-electron chi connectivity index (χ1n) is 4.57. The molecule has 0 spiro atoms. The first kappa shape index (κ1) is 15.5. The van der Waals surface area contributed by atoms with Crippen molar-refractivity contribution in [2.24, 2.45) is 0 Å². The van der Waals surface area contributed by atoms with Crippen molar-refractivity contribution >= 4 is 34.7 Å². The van der Waals surface area contributed by atoms with Gasteiger partial charge in [-0.05, 0) is 12.8 Å². The molecule has 0 N–H and O–H groups in total. The third-order valence-electron chi connectivity index (χ3n) is 1.45. The van der Waals surface area contributed by atoms with Gasteiger partial charge in [-0.25, -0.2) is 0 Å². The molecule has 0 aliphatic heterocycles. The van der Waals surface area contributed by atoms with Gasteiger partial charge in [0, 0.05) is 13.2 Å². The van der Waals surface area contributed by atoms with E-state index in [0.29, 0.717) is 0 Å². The van der Waals surface area contributed by atoms with Crippen LogP contribution in [0.25, 0.3) is 0 Å². The average molecular weight is 182 g/mol. The molecule has 12 heavy (non-hydrogen) atoms. The molecule has 4 heteroatoms. The van der Waals surface area contributed by atoms with E-state index >= 15 is 0 Å². The molecule has 2 nitrogen and oxygen atoms in total. The second-order valence-electron chi connectivity index (χ2n) is 2.64. The van der Waals surface area contributed by atoms with Gasteiger partial charge < -0.3 is 7.58 Å². The fraction of sp³-hybridized carbons (Fsp3) is 1.00. The van der Waals surface area contributed by atoms with E-state index in [2.05, 4.69) is 13.8 Å². The van der Waals surface area contributed by atoms with Crippen LogP contribution in [0.15, 0.2) is 0 Å². The molecule has 0 rings (SSSR count). The number of rotatable bonds is 8. The SMILES string of the molecule is CCCC[O][AlH][O]CCCC.[LiH]. The molecule has 0 amide bonds. The topological polar surface area (TPSA) is 18.5 Å². The quantitative estimate of drug-likeness (QED) is 0.415. The zero-order valence-electron chi connectivity index (χ0n) is 7.77. The van der Waals surface area contributed by atoms with E-state index in [4.69, 9.17) is 7.58 Å². The molecule has 0 aromatic rings. The Labute approximate surface area is 94.9 Å². The van der Waals surface area contributed by atoms with E-state index in [-0.39, 0.29) is 18.9 Å². The summed E-state index contributed by atoms with van der Waals surface area (Å²) in [5.74, 6) is 0. The monoisotopic (exact) mass is 182 g/mol. The van der Waals surface area contributed by atoms with Gasteiger partial charge in [-0.1, -0.05) is 26.7 Å². The second-order valence-corrected chi connectivity index (χ2v) is 3.69. The Hall–Kier alpha value is 1.05. The molecule has 0 aromatic heterocycles. The molecule has 0 bridgehead atoms. The van der Waals surface area contributed by atoms with Crippen LogP contribution in [-0.4, -0.2) is 48.0 Å². The van der Waals surface area contributed by atoms with Crippen LogP contribution >= 0.6 is 0 Å². The summed E-state index contributed by atoms with van der Waals surface area (Å²) in [5.41, 5.74) is 0. The van der Waals surface area contributed by atoms with Crippen molar-refractivity contribution in [2.45, 2.75) is 39.5 Å². The van der Waals surface area contributed by atoms with E-state index in [1.165, 1.54) is 25.7 Å². The molecule has 0 atom stereocenters. The van der Waals surface area contributed by atoms with Gasteiger partial charge >= 0.3 is 34.7 Å². The predicted molar refractivity (Wildman–Crippen MR) is 56.0 cm³/mol. The molecule has 0 aliphatic carbocycles. The van der Waals surface area contributed by atoms with Crippen molar-refractivity contribution in [3.63, 3.8) is 0 Å². The van der Waals surface area contributed by atoms with Gasteiger partial charge in [-0.3, -0.25) is 0 Å². The van der Waals surface area contributed by atoms with Gasteiger partial charge in [0.2, 0.25) is 0 Å². The van der Waals surface area contributed by atoms with Crippen LogP contribution in [0.3, 0.4) is 0 Å². The molecule has 0 fully saturated rings. The van der Waals surface area contributed by atoms with E-state index in [1.807, 2.05) is 0 Å². The summed E-state index contributed by atoms with van der Waals surface area (Å²) in [4.78, 5) is 0. The molecule has 0 unspecified atom stereocenters. The summed E-state index contributed by atoms with van der Waals surface area (Å²) < 4.78 is 10.7. The van der Waals surface area contributed by atoms with Crippen molar-refractivity contribution in [2.75, 3.05) is 13.2 Å². The molecular weight excluding hydrogens is 162 g/mol. The normalized spacial score (nSPS) is 9.17. The minimum atomic E-state index is -0.629. The Kier molecular flexibility index (Phi) is 18.8. The summed E-state index contributed by atoms with van der Waals surface area (Å²) >= 11 is -0.629. The van der Waals surface area contributed by atoms with Crippen LogP contribution in [0.5, 0.6) is 0 Å². The average Bonchev–Trinajstić information content (AvgIpc) is 2.03. The molecular formula is C8H20AlLiO2. The van der Waals surface area contributed by atoms with E-state index in [1.54, 1.807) is 0 Å². The minimum absolute atomic E-state index is 0. The molecule has 0 aromatic carbocycles. The number of hydrogen-bond donors (Lipinski definition) is 0. The summed E-state index contributed by atoms with van der Waals surface area (Å²) in [6.07, 6.45) is 4.76. The Bertz CT molecular complexity index is 66.1. The van der Waals surface area contributed by atoms with Crippen molar-refractivity contribution < 1.29 is 7.58 Å². The summed E-state index contributed by atoms with van der Waals surface area (Å²) in [6, 6.07) is 0. The first-order valence-corrected chi connectivity index (χ1v) is 5.72. The van der Waals surface area contributed by atoms with Crippen LogP contribution < -0.4 is 0 Å². The van der Waals surface area contributed by atoms with Crippen LogP contribution in [0, 0.1) is 0 Å². The van der Waals surface area contributed by atoms with Gasteiger partial charge in [0.15, 0.2) is 0 Å². The zero-order valence-corrected chi connectivity index (χ0v) is 9.18. The van der Waals surface area contributed by atoms with Gasteiger partial charge in [0.05, 0.1) is 0 Å². The van der Waals surface area contributed by atoms with Crippen molar-refractivity contribution in [1.29, 1.82) is 0 Å². The summed E-state index contributed by atoms with van der Waals surface area (Å²) in [7, 11) is 0. The molecule has 0 heterocycles. The third kappa shape index (κ3) is 13.6. The molecule has 0 aliphatic rings. The predicted octanol–water partition coefficient (Wildman–Crippen LogP) is 1.24. The van der Waals surface area contributed by atoms with Crippen molar-refractivity contribution in [1.82, 2.24) is 0 Å². The Balaban J connectivity index is 0.